The van der Waals surface area contributed by atoms with Crippen LogP contribution in [0.4, 0.5) is 0 Å². The van der Waals surface area contributed by atoms with Crippen molar-refractivity contribution in [2.45, 2.75) is 38.5 Å². The fourth-order valence-electron chi connectivity index (χ4n) is 3.57. The van der Waals surface area contributed by atoms with Gasteiger partial charge in [-0.2, -0.15) is 0 Å². The molecule has 0 amide bonds. The van der Waals surface area contributed by atoms with Gasteiger partial charge in [0.2, 0.25) is 0 Å². The van der Waals surface area contributed by atoms with E-state index in [1.165, 1.54) is 24.0 Å². The van der Waals surface area contributed by atoms with Gasteiger partial charge in [-0.3, -0.25) is 0 Å². The number of benzene rings is 2. The van der Waals surface area contributed by atoms with Gasteiger partial charge in [-0.1, -0.05) is 36.4 Å². The van der Waals surface area contributed by atoms with Crippen LogP contribution in [0, 0.1) is 3.57 Å². The molecule has 0 fully saturated rings. The highest BCUT2D eigenvalue weighted by molar-refractivity contribution is 14.1. The lowest BCUT2D eigenvalue weighted by molar-refractivity contribution is 0.0696. The summed E-state index contributed by atoms with van der Waals surface area (Å²) >= 11 is 5.80. The predicted molar refractivity (Wildman–Crippen MR) is 121 cm³/mol. The highest BCUT2D eigenvalue weighted by Gasteiger charge is 2.28. The maximum Gasteiger partial charge on any atom is 0.335 e. The second kappa shape index (κ2) is 7.95. The molecule has 1 N–H and O–H groups in total. The van der Waals surface area contributed by atoms with Gasteiger partial charge in [-0.15, -0.1) is 0 Å². The number of carbonyl (C=O) groups is 1. The van der Waals surface area contributed by atoms with Crippen LogP contribution in [0.5, 0.6) is 5.75 Å². The van der Waals surface area contributed by atoms with Crippen molar-refractivity contribution in [3.8, 4) is 5.75 Å². The molecule has 142 valence electrons. The minimum Gasteiger partial charge on any atom is -0.488 e. The molecule has 1 aliphatic carbocycles. The summed E-state index contributed by atoms with van der Waals surface area (Å²) < 4.78 is 7.72. The van der Waals surface area contributed by atoms with Crippen molar-refractivity contribution in [1.29, 1.82) is 0 Å². The number of fused-ring (bicyclic) bond motifs is 1. The molecule has 2 aromatic rings. The van der Waals surface area contributed by atoms with Gasteiger partial charge in [0.05, 0.1) is 9.13 Å². The van der Waals surface area contributed by atoms with E-state index in [2.05, 4.69) is 71.1 Å². The summed E-state index contributed by atoms with van der Waals surface area (Å²) in [5, 5.41) is 9.07. The number of carboxylic acid groups (broad SMARTS) is 1. The monoisotopic (exact) mass is 540 g/mol. The van der Waals surface area contributed by atoms with Crippen molar-refractivity contribution in [1.82, 2.24) is 0 Å². The fraction of sp³-hybridized carbons (Fsp3) is 0.318. The number of rotatable bonds is 5. The summed E-state index contributed by atoms with van der Waals surface area (Å²) in [6, 6.07) is 9.34. The molecule has 0 spiro atoms. The molecular formula is C22H22BrIO3. The normalized spacial score (nSPS) is 15.1. The van der Waals surface area contributed by atoms with Crippen molar-refractivity contribution in [2.24, 2.45) is 0 Å². The van der Waals surface area contributed by atoms with Gasteiger partial charge in [-0.05, 0) is 99.9 Å². The van der Waals surface area contributed by atoms with E-state index in [0.717, 1.165) is 25.6 Å². The number of aryl methyl sites for hydroxylation is 1. The summed E-state index contributed by atoms with van der Waals surface area (Å²) in [4.78, 5) is 11.1. The Morgan fingerprint density at radius 1 is 1.33 bits per heavy atom. The molecule has 0 unspecified atom stereocenters. The Hall–Kier alpha value is -1.34. The lowest BCUT2D eigenvalue weighted by Gasteiger charge is -2.33. The van der Waals surface area contributed by atoms with Crippen LogP contribution in [0.3, 0.4) is 0 Å². The van der Waals surface area contributed by atoms with Crippen LogP contribution < -0.4 is 4.74 Å². The molecule has 1 aliphatic rings. The van der Waals surface area contributed by atoms with E-state index in [0.29, 0.717) is 12.4 Å². The second-order valence-electron chi connectivity index (χ2n) is 7.57. The predicted octanol–water partition coefficient (Wildman–Crippen LogP) is 6.46. The Balaban J connectivity index is 1.78. The average Bonchev–Trinajstić information content (AvgIpc) is 2.60. The Kier molecular flexibility index (Phi) is 6.01. The Bertz CT molecular complexity index is 918. The third kappa shape index (κ3) is 4.40. The third-order valence-corrected chi connectivity index (χ3v) is 6.63. The maximum absolute atomic E-state index is 11.1. The molecule has 0 aliphatic heterocycles. The quantitative estimate of drug-likeness (QED) is 0.443. The van der Waals surface area contributed by atoms with E-state index in [1.54, 1.807) is 18.2 Å². The van der Waals surface area contributed by atoms with E-state index in [4.69, 9.17) is 9.84 Å². The van der Waals surface area contributed by atoms with E-state index in [-0.39, 0.29) is 11.0 Å². The Labute approximate surface area is 182 Å². The molecular weight excluding hydrogens is 519 g/mol. The minimum absolute atomic E-state index is 0.203. The molecule has 0 saturated carbocycles. The molecule has 0 atom stereocenters. The molecule has 0 heterocycles. The van der Waals surface area contributed by atoms with Crippen LogP contribution in [-0.4, -0.2) is 17.7 Å². The first-order chi connectivity index (χ1) is 12.7. The summed E-state index contributed by atoms with van der Waals surface area (Å²) in [6.45, 7) is 9.17. The molecule has 27 heavy (non-hydrogen) atoms. The van der Waals surface area contributed by atoms with Gasteiger partial charge in [0.1, 0.15) is 12.4 Å². The van der Waals surface area contributed by atoms with Crippen LogP contribution in [0.2, 0.25) is 0 Å². The molecule has 0 saturated heterocycles. The summed E-state index contributed by atoms with van der Waals surface area (Å²) in [7, 11) is 0. The highest BCUT2D eigenvalue weighted by Crippen LogP contribution is 2.40. The zero-order chi connectivity index (χ0) is 19.8. The Morgan fingerprint density at radius 2 is 2.07 bits per heavy atom. The second-order valence-corrected chi connectivity index (χ2v) is 9.59. The number of ether oxygens (including phenoxy) is 1. The topological polar surface area (TPSA) is 46.5 Å². The van der Waals surface area contributed by atoms with Crippen molar-refractivity contribution >= 4 is 50.1 Å². The molecule has 0 radical (unpaired) electrons. The number of aromatic carboxylic acids is 1. The number of hydrogen-bond acceptors (Lipinski definition) is 2. The number of carboxylic acids is 1. The van der Waals surface area contributed by atoms with Gasteiger partial charge in [0.15, 0.2) is 0 Å². The first kappa shape index (κ1) is 20.4. The first-order valence-electron chi connectivity index (χ1n) is 8.86. The molecule has 0 aromatic heterocycles. The lowest BCUT2D eigenvalue weighted by Crippen LogP contribution is -2.24. The zero-order valence-corrected chi connectivity index (χ0v) is 19.2. The van der Waals surface area contributed by atoms with Gasteiger partial charge in [-0.25, -0.2) is 4.79 Å². The minimum atomic E-state index is -0.940. The van der Waals surface area contributed by atoms with Gasteiger partial charge in [0, 0.05) is 4.47 Å². The smallest absolute Gasteiger partial charge is 0.335 e. The molecule has 3 nitrogen and oxygen atoms in total. The Morgan fingerprint density at radius 3 is 2.74 bits per heavy atom. The SMILES string of the molecule is C=C(COc1ccc(C(=O)O)cc1I)c1cc2c(cc1Br)C(C)(C)CCC2. The fourth-order valence-corrected chi connectivity index (χ4v) is 4.87. The maximum atomic E-state index is 11.1. The van der Waals surface area contributed by atoms with E-state index in [9.17, 15) is 4.79 Å². The highest BCUT2D eigenvalue weighted by atomic mass is 127. The van der Waals surface area contributed by atoms with Crippen LogP contribution in [0.1, 0.15) is 53.7 Å². The van der Waals surface area contributed by atoms with Gasteiger partial charge >= 0.3 is 5.97 Å². The average molecular weight is 541 g/mol. The van der Waals surface area contributed by atoms with Crippen molar-refractivity contribution in [2.75, 3.05) is 6.61 Å². The largest absolute Gasteiger partial charge is 0.488 e. The zero-order valence-electron chi connectivity index (χ0n) is 15.4. The standard InChI is InChI=1S/C22H22BrIO3/c1-13(12-27-20-7-6-15(21(25)26)10-19(20)24)16-9-14-5-4-8-22(2,3)17(14)11-18(16)23/h6-7,9-11H,1,4-5,8,12H2,2-3H3,(H,25,26). The molecule has 3 rings (SSSR count). The lowest BCUT2D eigenvalue weighted by atomic mass is 9.72. The van der Waals surface area contributed by atoms with Crippen molar-refractivity contribution in [3.63, 3.8) is 0 Å². The summed E-state index contributed by atoms with van der Waals surface area (Å²) in [5.74, 6) is -0.276. The molecule has 5 heteroatoms. The number of halogens is 2. The number of hydrogen-bond donors (Lipinski definition) is 1. The first-order valence-corrected chi connectivity index (χ1v) is 10.7. The van der Waals surface area contributed by atoms with Crippen LogP contribution in [0.25, 0.3) is 5.57 Å². The van der Waals surface area contributed by atoms with E-state index < -0.39 is 5.97 Å². The molecule has 0 bridgehead atoms. The van der Waals surface area contributed by atoms with Crippen LogP contribution >= 0.6 is 38.5 Å². The summed E-state index contributed by atoms with van der Waals surface area (Å²) in [6.07, 6.45) is 3.51. The summed E-state index contributed by atoms with van der Waals surface area (Å²) in [5.41, 5.74) is 5.23. The van der Waals surface area contributed by atoms with Crippen LogP contribution in [0.15, 0.2) is 41.4 Å². The third-order valence-electron chi connectivity index (χ3n) is 5.13. The van der Waals surface area contributed by atoms with E-state index >= 15 is 0 Å². The van der Waals surface area contributed by atoms with Crippen LogP contribution in [-0.2, 0) is 11.8 Å². The van der Waals surface area contributed by atoms with Gasteiger partial charge in [0.25, 0.3) is 0 Å². The van der Waals surface area contributed by atoms with Gasteiger partial charge < -0.3 is 9.84 Å². The molecule has 2 aromatic carbocycles. The van der Waals surface area contributed by atoms with Crippen molar-refractivity contribution < 1.29 is 14.6 Å². The van der Waals surface area contributed by atoms with E-state index in [1.807, 2.05) is 0 Å². The van der Waals surface area contributed by atoms with Crippen molar-refractivity contribution in [3.05, 3.63) is 67.2 Å².